The molecule has 0 saturated carbocycles. The van der Waals surface area contributed by atoms with Gasteiger partial charge in [-0.15, -0.1) is 0 Å². The SMILES string of the molecule is COc1ccc(C)cc1-n1ccc(C(=O)NS(=O)(=O)C(C)C)n1. The summed E-state index contributed by atoms with van der Waals surface area (Å²) < 4.78 is 32.3. The van der Waals surface area contributed by atoms with Crippen LogP contribution in [0.5, 0.6) is 5.75 Å². The normalized spacial score (nSPS) is 11.5. The van der Waals surface area contributed by atoms with Crippen molar-refractivity contribution in [1.29, 1.82) is 0 Å². The number of carbonyl (C=O) groups excluding carboxylic acids is 1. The van der Waals surface area contributed by atoms with E-state index in [1.807, 2.05) is 23.8 Å². The molecule has 1 heterocycles. The molecule has 0 aliphatic carbocycles. The summed E-state index contributed by atoms with van der Waals surface area (Å²) in [6.07, 6.45) is 1.58. The Morgan fingerprint density at radius 2 is 2.00 bits per heavy atom. The lowest BCUT2D eigenvalue weighted by Gasteiger charge is -2.09. The van der Waals surface area contributed by atoms with Crippen molar-refractivity contribution >= 4 is 15.9 Å². The van der Waals surface area contributed by atoms with Crippen LogP contribution in [0, 0.1) is 6.92 Å². The van der Waals surface area contributed by atoms with Crippen molar-refractivity contribution < 1.29 is 17.9 Å². The van der Waals surface area contributed by atoms with E-state index in [1.54, 1.807) is 19.4 Å². The summed E-state index contributed by atoms with van der Waals surface area (Å²) in [5, 5.41) is 3.43. The van der Waals surface area contributed by atoms with Crippen molar-refractivity contribution in [1.82, 2.24) is 14.5 Å². The number of carbonyl (C=O) groups is 1. The van der Waals surface area contributed by atoms with Gasteiger partial charge in [0.2, 0.25) is 10.0 Å². The zero-order chi connectivity index (χ0) is 17.2. The molecule has 1 amide bonds. The summed E-state index contributed by atoms with van der Waals surface area (Å²) in [6.45, 7) is 4.91. The number of hydrogen-bond donors (Lipinski definition) is 1. The van der Waals surface area contributed by atoms with Crippen LogP contribution in [0.15, 0.2) is 30.5 Å². The number of hydrogen-bond acceptors (Lipinski definition) is 5. The molecule has 8 heteroatoms. The molecule has 0 saturated heterocycles. The fourth-order valence-corrected chi connectivity index (χ4v) is 2.46. The first-order valence-corrected chi connectivity index (χ1v) is 8.56. The monoisotopic (exact) mass is 337 g/mol. The van der Waals surface area contributed by atoms with Gasteiger partial charge in [-0.3, -0.25) is 4.79 Å². The van der Waals surface area contributed by atoms with Crippen molar-refractivity contribution in [2.45, 2.75) is 26.0 Å². The molecular formula is C15H19N3O4S. The average Bonchev–Trinajstić information content (AvgIpc) is 2.96. The first-order chi connectivity index (χ1) is 10.7. The first-order valence-electron chi connectivity index (χ1n) is 7.01. The Labute approximate surface area is 135 Å². The van der Waals surface area contributed by atoms with E-state index >= 15 is 0 Å². The molecular weight excluding hydrogens is 318 g/mol. The lowest BCUT2D eigenvalue weighted by molar-refractivity contribution is 0.0976. The van der Waals surface area contributed by atoms with Crippen LogP contribution < -0.4 is 9.46 Å². The van der Waals surface area contributed by atoms with Gasteiger partial charge in [0.1, 0.15) is 11.4 Å². The van der Waals surface area contributed by atoms with Crippen LogP contribution in [0.3, 0.4) is 0 Å². The highest BCUT2D eigenvalue weighted by Crippen LogP contribution is 2.23. The molecule has 124 valence electrons. The molecule has 1 aromatic heterocycles. The second-order valence-corrected chi connectivity index (χ2v) is 7.58. The molecule has 1 aromatic carbocycles. The second-order valence-electron chi connectivity index (χ2n) is 5.35. The van der Waals surface area contributed by atoms with Crippen molar-refractivity contribution in [3.8, 4) is 11.4 Å². The van der Waals surface area contributed by atoms with E-state index in [-0.39, 0.29) is 5.69 Å². The minimum atomic E-state index is -3.69. The maximum absolute atomic E-state index is 12.0. The number of methoxy groups -OCH3 is 1. The predicted octanol–water partition coefficient (Wildman–Crippen LogP) is 1.66. The maximum atomic E-state index is 12.0. The van der Waals surface area contributed by atoms with E-state index in [9.17, 15) is 13.2 Å². The summed E-state index contributed by atoms with van der Waals surface area (Å²) in [4.78, 5) is 12.0. The van der Waals surface area contributed by atoms with Gasteiger partial charge in [-0.2, -0.15) is 5.10 Å². The van der Waals surface area contributed by atoms with Gasteiger partial charge in [0.25, 0.3) is 5.91 Å². The highest BCUT2D eigenvalue weighted by atomic mass is 32.2. The molecule has 0 spiro atoms. The summed E-state index contributed by atoms with van der Waals surface area (Å²) in [6, 6.07) is 7.01. The third-order valence-corrected chi connectivity index (χ3v) is 4.97. The topological polar surface area (TPSA) is 90.3 Å². The smallest absolute Gasteiger partial charge is 0.285 e. The van der Waals surface area contributed by atoms with Crippen LogP contribution in [-0.4, -0.2) is 36.5 Å². The Kier molecular flexibility index (Phi) is 4.74. The Morgan fingerprint density at radius 3 is 2.61 bits per heavy atom. The molecule has 2 rings (SSSR count). The molecule has 0 aliphatic rings. The van der Waals surface area contributed by atoms with Crippen molar-refractivity contribution in [2.75, 3.05) is 7.11 Å². The minimum absolute atomic E-state index is 0.0118. The largest absolute Gasteiger partial charge is 0.494 e. The van der Waals surface area contributed by atoms with E-state index in [1.165, 1.54) is 24.6 Å². The number of ether oxygens (including phenoxy) is 1. The van der Waals surface area contributed by atoms with Crippen LogP contribution in [-0.2, 0) is 10.0 Å². The van der Waals surface area contributed by atoms with Gasteiger partial charge in [0, 0.05) is 6.20 Å². The molecule has 1 N–H and O–H groups in total. The van der Waals surface area contributed by atoms with Crippen LogP contribution >= 0.6 is 0 Å². The van der Waals surface area contributed by atoms with Gasteiger partial charge in [-0.05, 0) is 44.5 Å². The number of nitrogens with one attached hydrogen (secondary N) is 1. The standard InChI is InChI=1S/C15H19N3O4S/c1-10(2)23(20,21)17-15(19)12-7-8-18(16-12)13-9-11(3)5-6-14(13)22-4/h5-10H,1-4H3,(H,17,19). The van der Waals surface area contributed by atoms with E-state index in [0.717, 1.165) is 5.56 Å². The summed E-state index contributed by atoms with van der Waals surface area (Å²) in [7, 11) is -2.15. The fourth-order valence-electron chi connectivity index (χ4n) is 1.86. The lowest BCUT2D eigenvalue weighted by Crippen LogP contribution is -2.36. The molecule has 7 nitrogen and oxygen atoms in total. The van der Waals surface area contributed by atoms with Gasteiger partial charge in [0.05, 0.1) is 12.4 Å². The molecule has 0 fully saturated rings. The van der Waals surface area contributed by atoms with Gasteiger partial charge < -0.3 is 4.74 Å². The summed E-state index contributed by atoms with van der Waals surface area (Å²) >= 11 is 0. The zero-order valence-electron chi connectivity index (χ0n) is 13.4. The van der Waals surface area contributed by atoms with E-state index in [0.29, 0.717) is 11.4 Å². The predicted molar refractivity (Wildman–Crippen MR) is 86.4 cm³/mol. The zero-order valence-corrected chi connectivity index (χ0v) is 14.2. The molecule has 0 atom stereocenters. The maximum Gasteiger partial charge on any atom is 0.285 e. The highest BCUT2D eigenvalue weighted by Gasteiger charge is 2.21. The Balaban J connectivity index is 2.31. The number of benzene rings is 1. The van der Waals surface area contributed by atoms with Crippen molar-refractivity contribution in [3.05, 3.63) is 41.7 Å². The third kappa shape index (κ3) is 3.70. The Bertz CT molecular complexity index is 825. The van der Waals surface area contributed by atoms with Gasteiger partial charge in [0.15, 0.2) is 5.69 Å². The summed E-state index contributed by atoms with van der Waals surface area (Å²) in [5.74, 6) is -0.162. The van der Waals surface area contributed by atoms with Crippen LogP contribution in [0.2, 0.25) is 0 Å². The van der Waals surface area contributed by atoms with Crippen molar-refractivity contribution in [2.24, 2.45) is 0 Å². The molecule has 0 bridgehead atoms. The Morgan fingerprint density at radius 1 is 1.30 bits per heavy atom. The second kappa shape index (κ2) is 6.41. The highest BCUT2D eigenvalue weighted by molar-refractivity contribution is 7.90. The van der Waals surface area contributed by atoms with E-state index < -0.39 is 21.2 Å². The molecule has 0 unspecified atom stereocenters. The molecule has 23 heavy (non-hydrogen) atoms. The van der Waals surface area contributed by atoms with Crippen molar-refractivity contribution in [3.63, 3.8) is 0 Å². The number of sulfonamides is 1. The number of amides is 1. The van der Waals surface area contributed by atoms with E-state index in [2.05, 4.69) is 5.10 Å². The number of aromatic nitrogens is 2. The minimum Gasteiger partial charge on any atom is -0.494 e. The molecule has 0 radical (unpaired) electrons. The van der Waals surface area contributed by atoms with Gasteiger partial charge in [-0.1, -0.05) is 6.07 Å². The first kappa shape index (κ1) is 17.0. The fraction of sp³-hybridized carbons (Fsp3) is 0.333. The average molecular weight is 337 g/mol. The van der Waals surface area contributed by atoms with Gasteiger partial charge >= 0.3 is 0 Å². The Hall–Kier alpha value is -2.35. The van der Waals surface area contributed by atoms with Crippen LogP contribution in [0.1, 0.15) is 29.9 Å². The quantitative estimate of drug-likeness (QED) is 0.896. The number of aryl methyl sites for hydroxylation is 1. The number of rotatable bonds is 5. The number of nitrogens with zero attached hydrogens (tertiary/aromatic N) is 2. The van der Waals surface area contributed by atoms with Gasteiger partial charge in [-0.25, -0.2) is 17.8 Å². The summed E-state index contributed by atoms with van der Waals surface area (Å²) in [5.41, 5.74) is 1.68. The van der Waals surface area contributed by atoms with E-state index in [4.69, 9.17) is 4.74 Å². The lowest BCUT2D eigenvalue weighted by atomic mass is 10.2. The van der Waals surface area contributed by atoms with Crippen LogP contribution in [0.4, 0.5) is 0 Å². The molecule has 0 aliphatic heterocycles. The third-order valence-electron chi connectivity index (χ3n) is 3.26. The molecule has 2 aromatic rings. The van der Waals surface area contributed by atoms with Crippen LogP contribution in [0.25, 0.3) is 5.69 Å².